The van der Waals surface area contributed by atoms with Gasteiger partial charge in [0.2, 0.25) is 0 Å². The minimum atomic E-state index is 0. The van der Waals surface area contributed by atoms with Crippen LogP contribution >= 0.6 is 12.4 Å². The SMILES string of the molecule is Cc1ccc(C(=O)NCC2CCNC2)c(C)c1.Cl. The monoisotopic (exact) mass is 268 g/mol. The summed E-state index contributed by atoms with van der Waals surface area (Å²) in [7, 11) is 0. The number of aryl methyl sites for hydroxylation is 2. The lowest BCUT2D eigenvalue weighted by Gasteiger charge is -2.11. The fraction of sp³-hybridized carbons (Fsp3) is 0.500. The van der Waals surface area contributed by atoms with Crippen molar-refractivity contribution in [1.82, 2.24) is 10.6 Å². The Balaban J connectivity index is 0.00000162. The molecule has 0 radical (unpaired) electrons. The first-order chi connectivity index (χ1) is 8.16. The lowest BCUT2D eigenvalue weighted by molar-refractivity contribution is 0.0947. The molecule has 1 unspecified atom stereocenters. The van der Waals surface area contributed by atoms with Crippen LogP contribution in [0.5, 0.6) is 0 Å². The molecule has 1 atom stereocenters. The van der Waals surface area contributed by atoms with E-state index in [2.05, 4.69) is 10.6 Å². The van der Waals surface area contributed by atoms with Gasteiger partial charge in [-0.1, -0.05) is 17.7 Å². The van der Waals surface area contributed by atoms with Gasteiger partial charge < -0.3 is 10.6 Å². The summed E-state index contributed by atoms with van der Waals surface area (Å²) in [5.74, 6) is 0.638. The highest BCUT2D eigenvalue weighted by Crippen LogP contribution is 2.11. The van der Waals surface area contributed by atoms with E-state index in [1.54, 1.807) is 0 Å². The molecule has 0 aliphatic carbocycles. The van der Waals surface area contributed by atoms with Gasteiger partial charge in [0, 0.05) is 12.1 Å². The molecular formula is C14H21ClN2O. The van der Waals surface area contributed by atoms with Gasteiger partial charge in [0.25, 0.3) is 5.91 Å². The molecule has 100 valence electrons. The third-order valence-electron chi connectivity index (χ3n) is 3.34. The van der Waals surface area contributed by atoms with E-state index in [9.17, 15) is 4.79 Å². The first-order valence-corrected chi connectivity index (χ1v) is 6.23. The minimum Gasteiger partial charge on any atom is -0.352 e. The molecule has 0 aromatic heterocycles. The Bertz CT molecular complexity index is 414. The second-order valence-corrected chi connectivity index (χ2v) is 4.89. The largest absolute Gasteiger partial charge is 0.352 e. The van der Waals surface area contributed by atoms with Crippen LogP contribution in [-0.4, -0.2) is 25.5 Å². The zero-order chi connectivity index (χ0) is 12.3. The Morgan fingerprint density at radius 3 is 2.83 bits per heavy atom. The number of carbonyl (C=O) groups is 1. The van der Waals surface area contributed by atoms with Crippen molar-refractivity contribution in [2.24, 2.45) is 5.92 Å². The van der Waals surface area contributed by atoms with E-state index in [-0.39, 0.29) is 18.3 Å². The lowest BCUT2D eigenvalue weighted by Crippen LogP contribution is -2.30. The number of carbonyl (C=O) groups excluding carboxylic acids is 1. The highest BCUT2D eigenvalue weighted by molar-refractivity contribution is 5.95. The molecule has 1 fully saturated rings. The summed E-state index contributed by atoms with van der Waals surface area (Å²) < 4.78 is 0. The zero-order valence-corrected chi connectivity index (χ0v) is 11.8. The first kappa shape index (κ1) is 15.0. The predicted molar refractivity (Wildman–Crippen MR) is 76.5 cm³/mol. The van der Waals surface area contributed by atoms with Gasteiger partial charge in [0.05, 0.1) is 0 Å². The lowest BCUT2D eigenvalue weighted by atomic mass is 10.0. The number of rotatable bonds is 3. The molecule has 1 aliphatic heterocycles. The van der Waals surface area contributed by atoms with Crippen LogP contribution < -0.4 is 10.6 Å². The molecule has 1 saturated heterocycles. The fourth-order valence-electron chi connectivity index (χ4n) is 2.29. The second-order valence-electron chi connectivity index (χ2n) is 4.89. The van der Waals surface area contributed by atoms with Crippen molar-refractivity contribution in [3.05, 3.63) is 34.9 Å². The summed E-state index contributed by atoms with van der Waals surface area (Å²) in [5, 5.41) is 6.33. The Morgan fingerprint density at radius 2 is 2.22 bits per heavy atom. The molecule has 0 saturated carbocycles. The van der Waals surface area contributed by atoms with Gasteiger partial charge in [0.1, 0.15) is 0 Å². The van der Waals surface area contributed by atoms with E-state index in [0.29, 0.717) is 5.92 Å². The van der Waals surface area contributed by atoms with Crippen molar-refractivity contribution in [2.75, 3.05) is 19.6 Å². The molecule has 1 amide bonds. The fourth-order valence-corrected chi connectivity index (χ4v) is 2.29. The van der Waals surface area contributed by atoms with Crippen LogP contribution in [0.3, 0.4) is 0 Å². The van der Waals surface area contributed by atoms with E-state index < -0.39 is 0 Å². The summed E-state index contributed by atoms with van der Waals surface area (Å²) >= 11 is 0. The average molecular weight is 269 g/mol. The summed E-state index contributed by atoms with van der Waals surface area (Å²) in [6, 6.07) is 5.94. The van der Waals surface area contributed by atoms with Crippen molar-refractivity contribution in [1.29, 1.82) is 0 Å². The van der Waals surface area contributed by atoms with Crippen LogP contribution in [0.25, 0.3) is 0 Å². The summed E-state index contributed by atoms with van der Waals surface area (Å²) in [6.07, 6.45) is 1.16. The van der Waals surface area contributed by atoms with E-state index >= 15 is 0 Å². The molecule has 2 rings (SSSR count). The van der Waals surface area contributed by atoms with E-state index in [0.717, 1.165) is 37.2 Å². The Morgan fingerprint density at radius 1 is 1.44 bits per heavy atom. The number of benzene rings is 1. The molecule has 4 heteroatoms. The van der Waals surface area contributed by atoms with E-state index in [1.165, 1.54) is 5.56 Å². The molecule has 3 nitrogen and oxygen atoms in total. The number of halogens is 1. The number of hydrogen-bond donors (Lipinski definition) is 2. The average Bonchev–Trinajstić information content (AvgIpc) is 2.78. The quantitative estimate of drug-likeness (QED) is 0.881. The number of amides is 1. The van der Waals surface area contributed by atoms with Gasteiger partial charge in [-0.05, 0) is 50.9 Å². The zero-order valence-electron chi connectivity index (χ0n) is 11.0. The predicted octanol–water partition coefficient (Wildman–Crippen LogP) is 2.06. The van der Waals surface area contributed by atoms with Gasteiger partial charge in [-0.15, -0.1) is 12.4 Å². The topological polar surface area (TPSA) is 41.1 Å². The third kappa shape index (κ3) is 3.72. The van der Waals surface area contributed by atoms with Crippen LogP contribution in [0.4, 0.5) is 0 Å². The van der Waals surface area contributed by atoms with E-state index in [1.807, 2.05) is 32.0 Å². The Labute approximate surface area is 115 Å². The molecule has 1 aliphatic rings. The van der Waals surface area contributed by atoms with Crippen LogP contribution in [0.2, 0.25) is 0 Å². The van der Waals surface area contributed by atoms with Crippen LogP contribution in [-0.2, 0) is 0 Å². The molecular weight excluding hydrogens is 248 g/mol. The smallest absolute Gasteiger partial charge is 0.251 e. The highest BCUT2D eigenvalue weighted by Gasteiger charge is 2.16. The van der Waals surface area contributed by atoms with Gasteiger partial charge in [-0.3, -0.25) is 4.79 Å². The van der Waals surface area contributed by atoms with Crippen LogP contribution in [0.15, 0.2) is 18.2 Å². The molecule has 18 heavy (non-hydrogen) atoms. The maximum absolute atomic E-state index is 12.0. The summed E-state index contributed by atoms with van der Waals surface area (Å²) in [4.78, 5) is 12.0. The van der Waals surface area contributed by atoms with Crippen molar-refractivity contribution in [2.45, 2.75) is 20.3 Å². The van der Waals surface area contributed by atoms with Gasteiger partial charge in [-0.2, -0.15) is 0 Å². The van der Waals surface area contributed by atoms with Crippen LogP contribution in [0, 0.1) is 19.8 Å². The van der Waals surface area contributed by atoms with Crippen LogP contribution in [0.1, 0.15) is 27.9 Å². The molecule has 1 aromatic carbocycles. The van der Waals surface area contributed by atoms with Crippen molar-refractivity contribution in [3.8, 4) is 0 Å². The standard InChI is InChI=1S/C14H20N2O.ClH/c1-10-3-4-13(11(2)7-10)14(17)16-9-12-5-6-15-8-12;/h3-4,7,12,15H,5-6,8-9H2,1-2H3,(H,16,17);1H. The molecule has 0 spiro atoms. The third-order valence-corrected chi connectivity index (χ3v) is 3.34. The van der Waals surface area contributed by atoms with Gasteiger partial charge >= 0.3 is 0 Å². The van der Waals surface area contributed by atoms with Crippen molar-refractivity contribution in [3.63, 3.8) is 0 Å². The van der Waals surface area contributed by atoms with Crippen molar-refractivity contribution >= 4 is 18.3 Å². The summed E-state index contributed by atoms with van der Waals surface area (Å²) in [6.45, 7) is 6.90. The molecule has 1 aromatic rings. The summed E-state index contributed by atoms with van der Waals surface area (Å²) in [5.41, 5.74) is 3.03. The van der Waals surface area contributed by atoms with Gasteiger partial charge in [0.15, 0.2) is 0 Å². The highest BCUT2D eigenvalue weighted by atomic mass is 35.5. The Kier molecular flexibility index (Phi) is 5.63. The second kappa shape index (κ2) is 6.76. The molecule has 1 heterocycles. The normalized spacial score (nSPS) is 18.2. The number of nitrogens with one attached hydrogen (secondary N) is 2. The molecule has 2 N–H and O–H groups in total. The maximum Gasteiger partial charge on any atom is 0.251 e. The first-order valence-electron chi connectivity index (χ1n) is 6.23. The Hall–Kier alpha value is -1.06. The van der Waals surface area contributed by atoms with E-state index in [4.69, 9.17) is 0 Å². The van der Waals surface area contributed by atoms with Crippen molar-refractivity contribution < 1.29 is 4.79 Å². The number of hydrogen-bond acceptors (Lipinski definition) is 2. The van der Waals surface area contributed by atoms with Gasteiger partial charge in [-0.25, -0.2) is 0 Å². The maximum atomic E-state index is 12.0. The molecule has 0 bridgehead atoms. The minimum absolute atomic E-state index is 0.